The highest BCUT2D eigenvalue weighted by Crippen LogP contribution is 2.53. The van der Waals surface area contributed by atoms with Gasteiger partial charge in [-0.25, -0.2) is 19.2 Å². The molecule has 0 radical (unpaired) electrons. The SMILES string of the molecule is CCN(C(=O)c1cc(F)ccc1Oc1cncnc1N1CC2(CCN(CC3CC4CCC3CC43CN(CCOC)C(=O)N3)CC2)C1)C(C)C. The van der Waals surface area contributed by atoms with Gasteiger partial charge in [0.15, 0.2) is 11.6 Å². The topological polar surface area (TPSA) is 103 Å². The second kappa shape index (κ2) is 13.7. The molecule has 1 aromatic heterocycles. The summed E-state index contributed by atoms with van der Waals surface area (Å²) in [7, 11) is 1.69. The van der Waals surface area contributed by atoms with Crippen LogP contribution in [0.3, 0.4) is 0 Å². The first-order valence-corrected chi connectivity index (χ1v) is 18.2. The Labute approximate surface area is 289 Å². The second-order valence-electron chi connectivity index (χ2n) is 15.5. The molecule has 4 atom stereocenters. The number of aromatic nitrogens is 2. The number of urea groups is 1. The van der Waals surface area contributed by atoms with Gasteiger partial charge in [-0.2, -0.15) is 0 Å². The molecule has 11 nitrogen and oxygen atoms in total. The molecule has 3 aliphatic heterocycles. The van der Waals surface area contributed by atoms with Crippen LogP contribution >= 0.6 is 0 Å². The molecular formula is C37H52FN7O4. The molecule has 2 bridgehead atoms. The van der Waals surface area contributed by atoms with E-state index in [1.807, 2.05) is 25.7 Å². The summed E-state index contributed by atoms with van der Waals surface area (Å²) >= 11 is 0. The zero-order chi connectivity index (χ0) is 34.3. The lowest BCUT2D eigenvalue weighted by Gasteiger charge is -2.56. The van der Waals surface area contributed by atoms with Gasteiger partial charge in [-0.05, 0) is 108 Å². The predicted molar refractivity (Wildman–Crippen MR) is 184 cm³/mol. The predicted octanol–water partition coefficient (Wildman–Crippen LogP) is 5.03. The van der Waals surface area contributed by atoms with Gasteiger partial charge < -0.3 is 34.4 Å². The monoisotopic (exact) mass is 677 g/mol. The minimum atomic E-state index is -0.483. The van der Waals surface area contributed by atoms with E-state index >= 15 is 0 Å². The molecule has 3 amide bonds. The van der Waals surface area contributed by atoms with Crippen molar-refractivity contribution in [1.82, 2.24) is 30.0 Å². The number of likely N-dealkylation sites (tertiary alicyclic amines) is 1. The quantitative estimate of drug-likeness (QED) is 0.354. The molecule has 1 aromatic carbocycles. The van der Waals surface area contributed by atoms with Crippen LogP contribution in [-0.4, -0.2) is 114 Å². The molecule has 12 heteroatoms. The van der Waals surface area contributed by atoms with Gasteiger partial charge in [-0.1, -0.05) is 0 Å². The number of methoxy groups -OCH3 is 1. The number of piperidine rings is 1. The Kier molecular flexibility index (Phi) is 9.47. The first kappa shape index (κ1) is 34.0. The molecule has 3 saturated carbocycles. The molecule has 2 aromatic rings. The van der Waals surface area contributed by atoms with Crippen molar-refractivity contribution < 1.29 is 23.5 Å². The highest BCUT2D eigenvalue weighted by Gasteiger charge is 2.56. The van der Waals surface area contributed by atoms with Crippen LogP contribution < -0.4 is 15.0 Å². The van der Waals surface area contributed by atoms with E-state index in [1.165, 1.54) is 43.8 Å². The number of carbonyl (C=O) groups excluding carboxylic acids is 2. The summed E-state index contributed by atoms with van der Waals surface area (Å²) in [5, 5.41) is 3.43. The van der Waals surface area contributed by atoms with Crippen LogP contribution in [-0.2, 0) is 4.74 Å². The summed E-state index contributed by atoms with van der Waals surface area (Å²) in [4.78, 5) is 43.5. The van der Waals surface area contributed by atoms with Gasteiger partial charge in [0, 0.05) is 57.8 Å². The number of benzene rings is 1. The molecule has 1 N–H and O–H groups in total. The van der Waals surface area contributed by atoms with E-state index in [9.17, 15) is 14.0 Å². The van der Waals surface area contributed by atoms with E-state index < -0.39 is 5.82 Å². The molecule has 3 aliphatic carbocycles. The Bertz CT molecular complexity index is 1530. The van der Waals surface area contributed by atoms with Crippen LogP contribution in [0.1, 0.15) is 69.7 Å². The fourth-order valence-electron chi connectivity index (χ4n) is 9.59. The van der Waals surface area contributed by atoms with Crippen LogP contribution in [0.5, 0.6) is 11.5 Å². The van der Waals surface area contributed by atoms with E-state index in [1.54, 1.807) is 18.2 Å². The number of hydrogen-bond donors (Lipinski definition) is 1. The average molecular weight is 678 g/mol. The number of carbonyl (C=O) groups is 2. The zero-order valence-corrected chi connectivity index (χ0v) is 29.5. The van der Waals surface area contributed by atoms with Crippen LogP contribution in [0.2, 0.25) is 0 Å². The van der Waals surface area contributed by atoms with Crippen molar-refractivity contribution in [2.24, 2.45) is 23.2 Å². The fourth-order valence-corrected chi connectivity index (χ4v) is 9.59. The summed E-state index contributed by atoms with van der Waals surface area (Å²) in [5.41, 5.74) is 0.396. The molecule has 4 unspecified atom stereocenters. The van der Waals surface area contributed by atoms with E-state index in [0.29, 0.717) is 54.8 Å². The van der Waals surface area contributed by atoms with E-state index in [-0.39, 0.29) is 34.5 Å². The van der Waals surface area contributed by atoms with E-state index in [0.717, 1.165) is 58.5 Å². The summed E-state index contributed by atoms with van der Waals surface area (Å²) in [6, 6.07) is 4.13. The standard InChI is InChI=1S/C37H52FN7O4/c1-5-45(25(2)3)34(46)30-17-29(38)8-9-31(30)49-32-19-39-24-40-33(32)44-21-36(22-44)10-12-42(13-11-36)20-27-16-28-7-6-26(27)18-37(28)23-43(14-15-48-4)35(47)41-37/h8-9,17,19,24-28H,5-7,10-16,18,20-23H2,1-4H3,(H,41,47). The van der Waals surface area contributed by atoms with Crippen molar-refractivity contribution in [3.05, 3.63) is 42.1 Å². The van der Waals surface area contributed by atoms with Gasteiger partial charge in [0.05, 0.1) is 23.9 Å². The number of nitrogens with one attached hydrogen (secondary N) is 1. The van der Waals surface area contributed by atoms with Crippen LogP contribution in [0.4, 0.5) is 15.0 Å². The van der Waals surface area contributed by atoms with Gasteiger partial charge in [-0.3, -0.25) is 4.79 Å². The Balaban J connectivity index is 0.941. The minimum absolute atomic E-state index is 0.0307. The summed E-state index contributed by atoms with van der Waals surface area (Å²) in [6.45, 7) is 13.5. The number of fused-ring (bicyclic) bond motifs is 2. The average Bonchev–Trinajstić information content (AvgIpc) is 3.38. The normalized spacial score (nSPS) is 27.6. The summed E-state index contributed by atoms with van der Waals surface area (Å²) < 4.78 is 25.9. The smallest absolute Gasteiger partial charge is 0.318 e. The highest BCUT2D eigenvalue weighted by molar-refractivity contribution is 5.97. The van der Waals surface area contributed by atoms with Crippen molar-refractivity contribution in [1.29, 1.82) is 0 Å². The second-order valence-corrected chi connectivity index (χ2v) is 15.5. The van der Waals surface area contributed by atoms with Gasteiger partial charge in [0.2, 0.25) is 0 Å². The molecule has 2 spiro atoms. The largest absolute Gasteiger partial charge is 0.451 e. The Morgan fingerprint density at radius 3 is 2.65 bits per heavy atom. The van der Waals surface area contributed by atoms with Crippen molar-refractivity contribution in [3.63, 3.8) is 0 Å². The van der Waals surface area contributed by atoms with E-state index in [4.69, 9.17) is 9.47 Å². The number of halogens is 1. The van der Waals surface area contributed by atoms with Crippen LogP contribution in [0, 0.1) is 29.0 Å². The van der Waals surface area contributed by atoms with E-state index in [2.05, 4.69) is 25.1 Å². The lowest BCUT2D eigenvalue weighted by Crippen LogP contribution is -2.62. The van der Waals surface area contributed by atoms with Crippen LogP contribution in [0.15, 0.2) is 30.7 Å². The Morgan fingerprint density at radius 1 is 1.16 bits per heavy atom. The summed E-state index contributed by atoms with van der Waals surface area (Å²) in [6.07, 6.45) is 10.3. The lowest BCUT2D eigenvalue weighted by molar-refractivity contribution is -0.0158. The van der Waals surface area contributed by atoms with Crippen molar-refractivity contribution >= 4 is 17.8 Å². The highest BCUT2D eigenvalue weighted by atomic mass is 19.1. The summed E-state index contributed by atoms with van der Waals surface area (Å²) in [5.74, 6) is 2.65. The van der Waals surface area contributed by atoms with Gasteiger partial charge in [-0.15, -0.1) is 0 Å². The van der Waals surface area contributed by atoms with Crippen molar-refractivity contribution in [2.45, 2.75) is 70.9 Å². The first-order valence-electron chi connectivity index (χ1n) is 18.2. The maximum absolute atomic E-state index is 14.3. The number of anilines is 1. The van der Waals surface area contributed by atoms with Crippen molar-refractivity contribution in [3.8, 4) is 11.5 Å². The number of rotatable bonds is 11. The molecule has 49 heavy (non-hydrogen) atoms. The fraction of sp³-hybridized carbons (Fsp3) is 0.676. The van der Waals surface area contributed by atoms with Crippen LogP contribution in [0.25, 0.3) is 0 Å². The van der Waals surface area contributed by atoms with Crippen molar-refractivity contribution in [2.75, 3.05) is 71.0 Å². The molecule has 266 valence electrons. The lowest BCUT2D eigenvalue weighted by atomic mass is 9.56. The maximum Gasteiger partial charge on any atom is 0.318 e. The third kappa shape index (κ3) is 6.58. The zero-order valence-electron chi connectivity index (χ0n) is 29.5. The number of amides is 3. The van der Waals surface area contributed by atoms with Gasteiger partial charge in [0.1, 0.15) is 17.9 Å². The Hall–Kier alpha value is -3.51. The molecule has 6 aliphatic rings. The molecule has 6 fully saturated rings. The number of hydrogen-bond acceptors (Lipinski definition) is 8. The number of ether oxygens (including phenoxy) is 2. The molecular weight excluding hydrogens is 625 g/mol. The Morgan fingerprint density at radius 2 is 1.96 bits per heavy atom. The molecule has 3 saturated heterocycles. The minimum Gasteiger partial charge on any atom is -0.451 e. The number of nitrogens with zero attached hydrogens (tertiary/aromatic N) is 6. The molecule has 4 heterocycles. The maximum atomic E-state index is 14.3. The third-order valence-electron chi connectivity index (χ3n) is 12.3. The van der Waals surface area contributed by atoms with Gasteiger partial charge in [0.25, 0.3) is 5.91 Å². The third-order valence-corrected chi connectivity index (χ3v) is 12.3. The van der Waals surface area contributed by atoms with Gasteiger partial charge >= 0.3 is 6.03 Å². The first-order chi connectivity index (χ1) is 23.6. The molecule has 8 rings (SSSR count).